The van der Waals surface area contributed by atoms with Crippen LogP contribution in [-0.2, 0) is 4.57 Å². The molecule has 0 fully saturated rings. The van der Waals surface area contributed by atoms with Gasteiger partial charge in [-0.25, -0.2) is 4.57 Å². The second-order valence-electron chi connectivity index (χ2n) is 0.473. The fourth-order valence-electron chi connectivity index (χ4n) is 0. The lowest BCUT2D eigenvalue weighted by atomic mass is 11.4. The normalized spacial score (nSPS) is 8.71. The van der Waals surface area contributed by atoms with Crippen molar-refractivity contribution >= 4 is 7.91 Å². The molecule has 0 amide bonds. The molecule has 42 valence electrons. The van der Waals surface area contributed by atoms with Crippen molar-refractivity contribution in [2.24, 2.45) is 0 Å². The third-order valence-electron chi connectivity index (χ3n) is 0. The molecule has 0 saturated heterocycles. The Morgan fingerprint density at radius 1 is 1.43 bits per heavy atom. The van der Waals surface area contributed by atoms with Gasteiger partial charge in [0.05, 0.1) is 0 Å². The molecule has 3 nitrogen and oxygen atoms in total. The lowest BCUT2D eigenvalue weighted by Gasteiger charge is -1.77. The third-order valence-corrected chi connectivity index (χ3v) is 0. The van der Waals surface area contributed by atoms with Gasteiger partial charge in [0.1, 0.15) is 0 Å². The molecule has 0 atom stereocenters. The zero-order valence-corrected chi connectivity index (χ0v) is 4.18. The van der Waals surface area contributed by atoms with Crippen molar-refractivity contribution in [1.82, 2.24) is 0 Å². The van der Waals surface area contributed by atoms with Gasteiger partial charge in [0.2, 0.25) is 0 Å². The Morgan fingerprint density at radius 3 is 1.43 bits per heavy atom. The molecule has 0 aliphatic rings. The van der Waals surface area contributed by atoms with E-state index in [1.54, 1.807) is 0 Å². The number of rotatable bonds is 0. The summed E-state index contributed by atoms with van der Waals surface area (Å²) in [4.78, 5) is 13.9. The van der Waals surface area contributed by atoms with Crippen LogP contribution in [-0.4, -0.2) is 9.79 Å². The van der Waals surface area contributed by atoms with Crippen LogP contribution in [0.5, 0.6) is 0 Å². The van der Waals surface area contributed by atoms with Crippen molar-refractivity contribution in [2.45, 2.75) is 0 Å². The molecular formula is C2H4FO3P. The second-order valence-corrected chi connectivity index (χ2v) is 1.42. The van der Waals surface area contributed by atoms with Crippen molar-refractivity contribution in [3.63, 3.8) is 0 Å². The van der Waals surface area contributed by atoms with Crippen molar-refractivity contribution in [3.05, 3.63) is 0 Å². The molecule has 2 N–H and O–H groups in total. The minimum atomic E-state index is -5.14. The highest BCUT2D eigenvalue weighted by Gasteiger charge is 2.04. The average Bonchev–Trinajstić information content (AvgIpc) is 1.36. The van der Waals surface area contributed by atoms with E-state index in [-0.39, 0.29) is 0 Å². The number of terminal acetylenes is 1. The Bertz CT molecular complexity index is 84.1. The predicted molar refractivity (Wildman–Crippen MR) is 23.0 cm³/mol. The average molecular weight is 126 g/mol. The van der Waals surface area contributed by atoms with E-state index in [0.29, 0.717) is 0 Å². The van der Waals surface area contributed by atoms with Crippen LogP contribution in [0.25, 0.3) is 0 Å². The molecule has 0 spiro atoms. The van der Waals surface area contributed by atoms with E-state index in [1.165, 1.54) is 0 Å². The zero-order chi connectivity index (χ0) is 6.50. The van der Waals surface area contributed by atoms with Gasteiger partial charge in [-0.2, -0.15) is 0 Å². The molecule has 5 heteroatoms. The van der Waals surface area contributed by atoms with E-state index < -0.39 is 7.91 Å². The van der Waals surface area contributed by atoms with Gasteiger partial charge in [-0.1, -0.05) is 0 Å². The summed E-state index contributed by atoms with van der Waals surface area (Å²) in [7, 11) is -5.14. The maximum absolute atomic E-state index is 10.4. The van der Waals surface area contributed by atoms with Crippen LogP contribution < -0.4 is 0 Å². The van der Waals surface area contributed by atoms with Gasteiger partial charge < -0.3 is 0 Å². The Morgan fingerprint density at radius 2 is 1.43 bits per heavy atom. The molecule has 0 unspecified atom stereocenters. The van der Waals surface area contributed by atoms with Gasteiger partial charge in [0.15, 0.2) is 0 Å². The van der Waals surface area contributed by atoms with E-state index in [9.17, 15) is 4.20 Å². The maximum atomic E-state index is 10.4. The lowest BCUT2D eigenvalue weighted by molar-refractivity contribution is 0.322. The van der Waals surface area contributed by atoms with E-state index in [2.05, 4.69) is 12.8 Å². The highest BCUT2D eigenvalue weighted by molar-refractivity contribution is 7.45. The van der Waals surface area contributed by atoms with Crippen LogP contribution in [0.2, 0.25) is 0 Å². The Labute approximate surface area is 40.4 Å². The van der Waals surface area contributed by atoms with Crippen LogP contribution >= 0.6 is 7.91 Å². The van der Waals surface area contributed by atoms with Crippen molar-refractivity contribution in [2.75, 3.05) is 0 Å². The van der Waals surface area contributed by atoms with Gasteiger partial charge in [-0.3, -0.25) is 9.79 Å². The second kappa shape index (κ2) is 3.82. The van der Waals surface area contributed by atoms with Crippen LogP contribution in [0.4, 0.5) is 4.20 Å². The number of halogens is 1. The molecule has 0 heterocycles. The topological polar surface area (TPSA) is 57.5 Å². The predicted octanol–water partition coefficient (Wildman–Crippen LogP) is 0.298. The summed E-state index contributed by atoms with van der Waals surface area (Å²) in [5, 5.41) is 0. The van der Waals surface area contributed by atoms with Gasteiger partial charge in [-0.05, 0) is 0 Å². The van der Waals surface area contributed by atoms with Gasteiger partial charge in [0, 0.05) is 0 Å². The molecule has 0 aromatic heterocycles. The summed E-state index contributed by atoms with van der Waals surface area (Å²) in [6, 6.07) is 0. The van der Waals surface area contributed by atoms with Crippen LogP contribution in [0.3, 0.4) is 0 Å². The van der Waals surface area contributed by atoms with Crippen molar-refractivity contribution in [3.8, 4) is 12.8 Å². The summed E-state index contributed by atoms with van der Waals surface area (Å²) < 4.78 is 19.0. The van der Waals surface area contributed by atoms with E-state index in [1.807, 2.05) is 0 Å². The number of hydrogen-bond acceptors (Lipinski definition) is 1. The zero-order valence-electron chi connectivity index (χ0n) is 3.28. The van der Waals surface area contributed by atoms with E-state index in [0.717, 1.165) is 0 Å². The Hall–Kier alpha value is -0.360. The molecule has 0 aliphatic carbocycles. The molecule has 0 rings (SSSR count). The largest absolute Gasteiger partial charge is 0.507 e. The maximum Gasteiger partial charge on any atom is 0.507 e. The SMILES string of the molecule is C#C.O=P(O)(O)F. The van der Waals surface area contributed by atoms with Crippen LogP contribution in [0.1, 0.15) is 0 Å². The van der Waals surface area contributed by atoms with Crippen molar-refractivity contribution in [1.29, 1.82) is 0 Å². The fraction of sp³-hybridized carbons (Fsp3) is 0. The summed E-state index contributed by atoms with van der Waals surface area (Å²) in [6.45, 7) is 0. The summed E-state index contributed by atoms with van der Waals surface area (Å²) in [5.74, 6) is 0. The third kappa shape index (κ3) is 577. The minimum Gasteiger partial charge on any atom is -0.299 e. The monoisotopic (exact) mass is 126 g/mol. The first-order valence-electron chi connectivity index (χ1n) is 1.08. The van der Waals surface area contributed by atoms with Crippen molar-refractivity contribution < 1.29 is 18.5 Å². The van der Waals surface area contributed by atoms with E-state index in [4.69, 9.17) is 14.4 Å². The smallest absolute Gasteiger partial charge is 0.299 e. The highest BCUT2D eigenvalue weighted by atomic mass is 31.2. The summed E-state index contributed by atoms with van der Waals surface area (Å²) in [5.41, 5.74) is 0. The molecule has 0 aromatic rings. The molecule has 0 aliphatic heterocycles. The first-order chi connectivity index (χ1) is 3.00. The quantitative estimate of drug-likeness (QED) is 0.362. The molecular weight excluding hydrogens is 122 g/mol. The van der Waals surface area contributed by atoms with Gasteiger partial charge in [-0.15, -0.1) is 17.0 Å². The van der Waals surface area contributed by atoms with Gasteiger partial charge >= 0.3 is 7.91 Å². The molecule has 0 aromatic carbocycles. The summed E-state index contributed by atoms with van der Waals surface area (Å²) >= 11 is 0. The first kappa shape index (κ1) is 9.81. The fourth-order valence-corrected chi connectivity index (χ4v) is 0. The lowest BCUT2D eigenvalue weighted by Crippen LogP contribution is -1.56. The molecule has 0 radical (unpaired) electrons. The Balaban J connectivity index is 0. The Kier molecular flexibility index (Phi) is 5.35. The minimum absolute atomic E-state index is 4.00. The molecule has 0 saturated carbocycles. The highest BCUT2D eigenvalue weighted by Crippen LogP contribution is 2.34. The summed E-state index contributed by atoms with van der Waals surface area (Å²) in [6.07, 6.45) is 8.00. The number of hydrogen-bond donors (Lipinski definition) is 2. The van der Waals surface area contributed by atoms with E-state index >= 15 is 0 Å². The molecule has 0 bridgehead atoms. The van der Waals surface area contributed by atoms with Gasteiger partial charge in [0.25, 0.3) is 0 Å². The first-order valence-corrected chi connectivity index (χ1v) is 2.59. The molecule has 7 heavy (non-hydrogen) atoms. The standard InChI is InChI=1S/C2H2.FH2O3P/c1-2;1-5(2,3)4/h1-2H;(H2,2,3,4). The van der Waals surface area contributed by atoms with Crippen LogP contribution in [0.15, 0.2) is 0 Å². The van der Waals surface area contributed by atoms with Crippen LogP contribution in [0, 0.1) is 12.8 Å².